The Balaban J connectivity index is 3.11. The maximum absolute atomic E-state index is 10.6. The third kappa shape index (κ3) is 7.28. The van der Waals surface area contributed by atoms with Crippen LogP contribution >= 0.6 is 0 Å². The molecule has 0 aliphatic heterocycles. The lowest BCUT2D eigenvalue weighted by molar-refractivity contribution is -0.140. The van der Waals surface area contributed by atoms with Crippen molar-refractivity contribution in [1.29, 1.82) is 0 Å². The summed E-state index contributed by atoms with van der Waals surface area (Å²) in [5.74, 6) is -0.169. The van der Waals surface area contributed by atoms with Gasteiger partial charge in [-0.3, -0.25) is 4.79 Å². The van der Waals surface area contributed by atoms with Crippen LogP contribution in [-0.2, 0) is 9.53 Å². The zero-order valence-corrected chi connectivity index (χ0v) is 7.85. The third-order valence-electron chi connectivity index (χ3n) is 1.46. The molecule has 0 aliphatic rings. The van der Waals surface area contributed by atoms with E-state index in [1.165, 1.54) is 7.11 Å². The fourth-order valence-corrected chi connectivity index (χ4v) is 0.719. The Morgan fingerprint density at radius 3 is 2.50 bits per heavy atom. The van der Waals surface area contributed by atoms with E-state index in [1.54, 1.807) is 0 Å². The summed E-state index contributed by atoms with van der Waals surface area (Å²) in [7, 11) is 1.40. The molecular formula is C9H17NO2. The van der Waals surface area contributed by atoms with Crippen LogP contribution in [0, 0.1) is 0 Å². The van der Waals surface area contributed by atoms with Gasteiger partial charge >= 0.3 is 5.97 Å². The first-order valence-corrected chi connectivity index (χ1v) is 4.08. The van der Waals surface area contributed by atoms with Gasteiger partial charge < -0.3 is 10.1 Å². The van der Waals surface area contributed by atoms with Gasteiger partial charge in [0.05, 0.1) is 13.5 Å². The number of carbonyl (C=O) groups is 1. The molecule has 0 fully saturated rings. The molecule has 70 valence electrons. The highest BCUT2D eigenvalue weighted by molar-refractivity contribution is 5.69. The Kier molecular flexibility index (Phi) is 6.38. The summed E-state index contributed by atoms with van der Waals surface area (Å²) in [5, 5.41) is 3.12. The van der Waals surface area contributed by atoms with Crippen LogP contribution in [0.3, 0.4) is 0 Å². The molecule has 3 heteroatoms. The summed E-state index contributed by atoms with van der Waals surface area (Å²) < 4.78 is 4.48. The van der Waals surface area contributed by atoms with Crippen LogP contribution in [-0.4, -0.2) is 26.2 Å². The van der Waals surface area contributed by atoms with Crippen molar-refractivity contribution in [3.8, 4) is 0 Å². The monoisotopic (exact) mass is 171 g/mol. The van der Waals surface area contributed by atoms with E-state index >= 15 is 0 Å². The minimum absolute atomic E-state index is 0.169. The van der Waals surface area contributed by atoms with E-state index < -0.39 is 0 Å². The highest BCUT2D eigenvalue weighted by atomic mass is 16.5. The summed E-state index contributed by atoms with van der Waals surface area (Å²) in [5.41, 5.74) is 1.15. The van der Waals surface area contributed by atoms with Crippen molar-refractivity contribution < 1.29 is 9.53 Å². The quantitative estimate of drug-likeness (QED) is 0.369. The molecule has 0 saturated carbocycles. The summed E-state index contributed by atoms with van der Waals surface area (Å²) in [6.07, 6.45) is 1.40. The SMILES string of the molecule is C=C(C)CCNCCC(=O)OC. The molecule has 0 heterocycles. The van der Waals surface area contributed by atoms with E-state index in [4.69, 9.17) is 0 Å². The van der Waals surface area contributed by atoms with Gasteiger partial charge in [-0.05, 0) is 19.9 Å². The lowest BCUT2D eigenvalue weighted by Crippen LogP contribution is -2.20. The van der Waals surface area contributed by atoms with E-state index in [-0.39, 0.29) is 5.97 Å². The molecule has 1 N–H and O–H groups in total. The Hall–Kier alpha value is -0.830. The molecule has 0 unspecified atom stereocenters. The molecule has 0 saturated heterocycles. The summed E-state index contributed by atoms with van der Waals surface area (Å²) in [6, 6.07) is 0. The molecule has 0 rings (SSSR count). The number of hydrogen-bond donors (Lipinski definition) is 1. The zero-order valence-electron chi connectivity index (χ0n) is 7.85. The molecule has 0 aromatic carbocycles. The molecule has 3 nitrogen and oxygen atoms in total. The molecule has 0 bridgehead atoms. The van der Waals surface area contributed by atoms with Gasteiger partial charge in [0.15, 0.2) is 0 Å². The van der Waals surface area contributed by atoms with Gasteiger partial charge in [-0.1, -0.05) is 5.57 Å². The van der Waals surface area contributed by atoms with Crippen molar-refractivity contribution in [2.75, 3.05) is 20.2 Å². The van der Waals surface area contributed by atoms with E-state index in [0.29, 0.717) is 13.0 Å². The maximum Gasteiger partial charge on any atom is 0.306 e. The smallest absolute Gasteiger partial charge is 0.306 e. The molecule has 0 aliphatic carbocycles. The largest absolute Gasteiger partial charge is 0.469 e. The second-order valence-electron chi connectivity index (χ2n) is 2.78. The number of nitrogens with one attached hydrogen (secondary N) is 1. The lowest BCUT2D eigenvalue weighted by Gasteiger charge is -2.02. The van der Waals surface area contributed by atoms with Gasteiger partial charge in [-0.25, -0.2) is 0 Å². The van der Waals surface area contributed by atoms with Crippen molar-refractivity contribution in [3.05, 3.63) is 12.2 Å². The summed E-state index contributed by atoms with van der Waals surface area (Å²) >= 11 is 0. The van der Waals surface area contributed by atoms with Crippen LogP contribution < -0.4 is 5.32 Å². The predicted octanol–water partition coefficient (Wildman–Crippen LogP) is 1.11. The van der Waals surface area contributed by atoms with Crippen LogP contribution in [0.15, 0.2) is 12.2 Å². The van der Waals surface area contributed by atoms with Gasteiger partial charge in [0.1, 0.15) is 0 Å². The minimum atomic E-state index is -0.169. The predicted molar refractivity (Wildman–Crippen MR) is 48.9 cm³/mol. The molecule has 0 aromatic rings. The average molecular weight is 171 g/mol. The lowest BCUT2D eigenvalue weighted by atomic mass is 10.2. The molecule has 0 amide bonds. The number of carbonyl (C=O) groups excluding carboxylic acids is 1. The molecular weight excluding hydrogens is 154 g/mol. The van der Waals surface area contributed by atoms with Gasteiger partial charge in [0, 0.05) is 6.54 Å². The maximum atomic E-state index is 10.6. The number of methoxy groups -OCH3 is 1. The standard InChI is InChI=1S/C9H17NO2/c1-8(2)4-6-10-7-5-9(11)12-3/h10H,1,4-7H2,2-3H3. The Labute approximate surface area is 73.8 Å². The van der Waals surface area contributed by atoms with E-state index in [1.807, 2.05) is 6.92 Å². The zero-order chi connectivity index (χ0) is 9.40. The molecule has 0 spiro atoms. The van der Waals surface area contributed by atoms with E-state index in [9.17, 15) is 4.79 Å². The molecule has 0 aromatic heterocycles. The second-order valence-corrected chi connectivity index (χ2v) is 2.78. The second kappa shape index (κ2) is 6.85. The Morgan fingerprint density at radius 1 is 1.42 bits per heavy atom. The van der Waals surface area contributed by atoms with Gasteiger partial charge in [0.2, 0.25) is 0 Å². The van der Waals surface area contributed by atoms with Crippen molar-refractivity contribution in [2.24, 2.45) is 0 Å². The van der Waals surface area contributed by atoms with Crippen molar-refractivity contribution >= 4 is 5.97 Å². The number of rotatable bonds is 6. The van der Waals surface area contributed by atoms with E-state index in [2.05, 4.69) is 16.6 Å². The number of esters is 1. The summed E-state index contributed by atoms with van der Waals surface area (Å²) in [4.78, 5) is 10.6. The average Bonchev–Trinajstić information content (AvgIpc) is 2.03. The molecule has 12 heavy (non-hydrogen) atoms. The Morgan fingerprint density at radius 2 is 2.00 bits per heavy atom. The van der Waals surface area contributed by atoms with Gasteiger partial charge in [-0.15, -0.1) is 6.58 Å². The van der Waals surface area contributed by atoms with Gasteiger partial charge in [0.25, 0.3) is 0 Å². The number of ether oxygens (including phenoxy) is 1. The van der Waals surface area contributed by atoms with Crippen LogP contribution in [0.5, 0.6) is 0 Å². The first kappa shape index (κ1) is 11.2. The minimum Gasteiger partial charge on any atom is -0.469 e. The van der Waals surface area contributed by atoms with E-state index in [0.717, 1.165) is 18.5 Å². The fourth-order valence-electron chi connectivity index (χ4n) is 0.719. The van der Waals surface area contributed by atoms with Crippen molar-refractivity contribution in [3.63, 3.8) is 0 Å². The Bertz CT molecular complexity index is 155. The van der Waals surface area contributed by atoms with Crippen molar-refractivity contribution in [1.82, 2.24) is 5.32 Å². The highest BCUT2D eigenvalue weighted by Crippen LogP contribution is 1.91. The van der Waals surface area contributed by atoms with Gasteiger partial charge in [-0.2, -0.15) is 0 Å². The highest BCUT2D eigenvalue weighted by Gasteiger charge is 1.97. The fraction of sp³-hybridized carbons (Fsp3) is 0.667. The van der Waals surface area contributed by atoms with Crippen LogP contribution in [0.1, 0.15) is 19.8 Å². The number of hydrogen-bond acceptors (Lipinski definition) is 3. The summed E-state index contributed by atoms with van der Waals surface area (Å²) in [6.45, 7) is 7.32. The van der Waals surface area contributed by atoms with Crippen molar-refractivity contribution in [2.45, 2.75) is 19.8 Å². The molecule has 0 atom stereocenters. The van der Waals surface area contributed by atoms with Crippen LogP contribution in [0.2, 0.25) is 0 Å². The topological polar surface area (TPSA) is 38.3 Å². The first-order valence-electron chi connectivity index (χ1n) is 4.08. The first-order chi connectivity index (χ1) is 5.66. The molecule has 0 radical (unpaired) electrons. The normalized spacial score (nSPS) is 9.50. The van der Waals surface area contributed by atoms with Crippen LogP contribution in [0.4, 0.5) is 0 Å². The van der Waals surface area contributed by atoms with Crippen LogP contribution in [0.25, 0.3) is 0 Å². The third-order valence-corrected chi connectivity index (χ3v) is 1.46.